The lowest BCUT2D eigenvalue weighted by atomic mass is 10.0. The van der Waals surface area contributed by atoms with Gasteiger partial charge in [0, 0.05) is 12.8 Å². The van der Waals surface area contributed by atoms with E-state index < -0.39 is 20.0 Å². The average Bonchev–Trinajstić information content (AvgIpc) is 3.34. The number of phosphoric acid groups is 1. The van der Waals surface area contributed by atoms with E-state index in [1.54, 1.807) is 0 Å². The lowest BCUT2D eigenvalue weighted by molar-refractivity contribution is -0.870. The summed E-state index contributed by atoms with van der Waals surface area (Å²) in [5.74, 6) is -0.575. The van der Waals surface area contributed by atoms with E-state index in [0.29, 0.717) is 23.9 Å². The zero-order chi connectivity index (χ0) is 52.9. The molecule has 0 spiro atoms. The first kappa shape index (κ1) is 69.5. The van der Waals surface area contributed by atoms with Crippen molar-refractivity contribution in [2.24, 2.45) is 0 Å². The van der Waals surface area contributed by atoms with Crippen molar-refractivity contribution in [2.45, 2.75) is 270 Å². The highest BCUT2D eigenvalue weighted by Gasteiger charge is 2.30. The molecule has 72 heavy (non-hydrogen) atoms. The largest absolute Gasteiger partial charge is 0.472 e. The zero-order valence-corrected chi connectivity index (χ0v) is 48.6. The molecular weight excluding hydrogens is 916 g/mol. The summed E-state index contributed by atoms with van der Waals surface area (Å²) < 4.78 is 30.6. The Morgan fingerprint density at radius 3 is 1.33 bits per heavy atom. The number of esters is 1. The van der Waals surface area contributed by atoms with Gasteiger partial charge < -0.3 is 19.4 Å². The second-order valence-corrected chi connectivity index (χ2v) is 22.6. The SMILES string of the molecule is CCCCC/C=C\C/C=C\C/C=C\C/C=C\CCCC(=O)OC(/C=C/CCCCCCCCCCCC)C(COP(=O)(O)OCC[N+](C)(C)C)NC(=O)CCCCCCCCC/C=C/CCCCCCCC. The van der Waals surface area contributed by atoms with Crippen molar-refractivity contribution in [3.63, 3.8) is 0 Å². The number of amides is 1. The Hall–Kier alpha value is -2.55. The first-order valence-corrected chi connectivity index (χ1v) is 31.3. The predicted octanol–water partition coefficient (Wildman–Crippen LogP) is 18.1. The molecule has 0 aliphatic rings. The normalized spacial score (nSPS) is 14.3. The molecular formula is C62H114N2O7P+. The molecule has 10 heteroatoms. The van der Waals surface area contributed by atoms with Crippen LogP contribution in [0.15, 0.2) is 72.9 Å². The van der Waals surface area contributed by atoms with E-state index in [1.807, 2.05) is 33.3 Å². The highest BCUT2D eigenvalue weighted by Crippen LogP contribution is 2.43. The number of hydrogen-bond acceptors (Lipinski definition) is 6. The maximum Gasteiger partial charge on any atom is 0.472 e. The third-order valence-corrected chi connectivity index (χ3v) is 13.9. The van der Waals surface area contributed by atoms with E-state index in [4.69, 9.17) is 13.8 Å². The van der Waals surface area contributed by atoms with E-state index in [0.717, 1.165) is 77.0 Å². The molecule has 0 saturated heterocycles. The average molecular weight is 1030 g/mol. The molecule has 3 unspecified atom stereocenters. The maximum absolute atomic E-state index is 13.5. The van der Waals surface area contributed by atoms with Crippen molar-refractivity contribution in [3.05, 3.63) is 72.9 Å². The number of hydrogen-bond donors (Lipinski definition) is 2. The molecule has 9 nitrogen and oxygen atoms in total. The number of rotatable bonds is 53. The molecule has 0 rings (SSSR count). The summed E-state index contributed by atoms with van der Waals surface area (Å²) in [4.78, 5) is 37.6. The van der Waals surface area contributed by atoms with Gasteiger partial charge in [0.2, 0.25) is 5.91 Å². The van der Waals surface area contributed by atoms with Crippen LogP contribution in [0.5, 0.6) is 0 Å². The lowest BCUT2D eigenvalue weighted by Gasteiger charge is -2.27. The van der Waals surface area contributed by atoms with Crippen LogP contribution in [-0.2, 0) is 27.9 Å². The van der Waals surface area contributed by atoms with Gasteiger partial charge in [-0.3, -0.25) is 18.6 Å². The molecule has 0 heterocycles. The molecule has 0 fully saturated rings. The maximum atomic E-state index is 13.5. The van der Waals surface area contributed by atoms with E-state index in [2.05, 4.69) is 86.8 Å². The number of ether oxygens (including phenoxy) is 1. The molecule has 0 aromatic rings. The zero-order valence-electron chi connectivity index (χ0n) is 47.7. The van der Waals surface area contributed by atoms with Gasteiger partial charge in [-0.1, -0.05) is 222 Å². The molecule has 0 aromatic heterocycles. The molecule has 0 aliphatic heterocycles. The number of carbonyl (C=O) groups excluding carboxylic acids is 2. The van der Waals surface area contributed by atoms with Gasteiger partial charge in [0.15, 0.2) is 0 Å². The minimum absolute atomic E-state index is 0.0290. The topological polar surface area (TPSA) is 111 Å². The molecule has 0 aromatic carbocycles. The van der Waals surface area contributed by atoms with E-state index in [-0.39, 0.29) is 31.5 Å². The summed E-state index contributed by atoms with van der Waals surface area (Å²) in [5.41, 5.74) is 0. The van der Waals surface area contributed by atoms with Crippen LogP contribution in [0.1, 0.15) is 258 Å². The van der Waals surface area contributed by atoms with Crippen LogP contribution in [0.3, 0.4) is 0 Å². The number of carbonyl (C=O) groups is 2. The van der Waals surface area contributed by atoms with Gasteiger partial charge in [0.25, 0.3) is 0 Å². The van der Waals surface area contributed by atoms with Gasteiger partial charge in [0.05, 0.1) is 33.8 Å². The van der Waals surface area contributed by atoms with Gasteiger partial charge in [-0.05, 0) is 96.0 Å². The third-order valence-electron chi connectivity index (χ3n) is 12.9. The van der Waals surface area contributed by atoms with Crippen molar-refractivity contribution in [1.29, 1.82) is 0 Å². The molecule has 418 valence electrons. The second-order valence-electron chi connectivity index (χ2n) is 21.2. The number of quaternary nitrogens is 1. The Kier molecular flexibility index (Phi) is 50.1. The Morgan fingerprint density at radius 1 is 0.486 bits per heavy atom. The van der Waals surface area contributed by atoms with Crippen molar-refractivity contribution in [1.82, 2.24) is 5.32 Å². The Bertz CT molecular complexity index is 1460. The van der Waals surface area contributed by atoms with Crippen LogP contribution in [-0.4, -0.2) is 74.3 Å². The first-order chi connectivity index (χ1) is 34.9. The summed E-state index contributed by atoms with van der Waals surface area (Å²) in [6, 6.07) is -0.874. The molecule has 3 atom stereocenters. The smallest absolute Gasteiger partial charge is 0.456 e. The Balaban J connectivity index is 5.41. The van der Waals surface area contributed by atoms with Gasteiger partial charge in [-0.25, -0.2) is 4.57 Å². The highest BCUT2D eigenvalue weighted by atomic mass is 31.2. The minimum atomic E-state index is -4.46. The predicted molar refractivity (Wildman–Crippen MR) is 309 cm³/mol. The number of phosphoric ester groups is 1. The van der Waals surface area contributed by atoms with Crippen LogP contribution in [0.2, 0.25) is 0 Å². The van der Waals surface area contributed by atoms with Crippen LogP contribution in [0, 0.1) is 0 Å². The standard InChI is InChI=1S/C62H113N2O7P/c1-7-10-13-16-19-22-25-28-30-32-34-36-39-42-45-48-51-54-61(65)63-59(58-70-72(67,68)69-57-56-64(4,5)6)60(53-50-47-44-41-38-27-24-21-18-15-12-9-3)71-62(66)55-52-49-46-43-40-37-35-33-31-29-26-23-20-17-14-11-8-2/h20,23,28-31,35,37,43,46,50,53,59-60H,7-19,21-22,24-27,32-34,36,38-42,44-45,47-49,51-52,54-58H2,1-6H3,(H-,63,65,67,68)/p+1/b23-20-,30-28+,31-29-,37-35-,46-43-,53-50+. The summed E-state index contributed by atoms with van der Waals surface area (Å²) in [6.07, 6.45) is 66.1. The van der Waals surface area contributed by atoms with Crippen LogP contribution in [0.4, 0.5) is 0 Å². The molecule has 0 bridgehead atoms. The number of likely N-dealkylation sites (N-methyl/N-ethyl adjacent to an activating group) is 1. The summed E-state index contributed by atoms with van der Waals surface area (Å²) >= 11 is 0. The second kappa shape index (κ2) is 51.9. The van der Waals surface area contributed by atoms with Crippen molar-refractivity contribution in [3.8, 4) is 0 Å². The first-order valence-electron chi connectivity index (χ1n) is 29.8. The lowest BCUT2D eigenvalue weighted by Crippen LogP contribution is -2.47. The summed E-state index contributed by atoms with van der Waals surface area (Å²) in [7, 11) is 1.46. The van der Waals surface area contributed by atoms with Crippen LogP contribution < -0.4 is 5.32 Å². The van der Waals surface area contributed by atoms with E-state index >= 15 is 0 Å². The Labute approximate surface area is 444 Å². The monoisotopic (exact) mass is 1030 g/mol. The molecule has 1 amide bonds. The van der Waals surface area contributed by atoms with Crippen molar-refractivity contribution >= 4 is 19.7 Å². The van der Waals surface area contributed by atoms with E-state index in [9.17, 15) is 19.0 Å². The number of unbranched alkanes of at least 4 members (excludes halogenated alkanes) is 27. The third kappa shape index (κ3) is 52.3. The van der Waals surface area contributed by atoms with Gasteiger partial charge in [0.1, 0.15) is 19.3 Å². The molecule has 0 aliphatic carbocycles. The highest BCUT2D eigenvalue weighted by molar-refractivity contribution is 7.47. The number of nitrogens with zero attached hydrogens (tertiary/aromatic N) is 1. The molecule has 2 N–H and O–H groups in total. The van der Waals surface area contributed by atoms with Crippen molar-refractivity contribution in [2.75, 3.05) is 40.9 Å². The van der Waals surface area contributed by atoms with Gasteiger partial charge >= 0.3 is 13.8 Å². The summed E-state index contributed by atoms with van der Waals surface area (Å²) in [5, 5.41) is 3.03. The fraction of sp³-hybridized carbons (Fsp3) is 0.774. The number of allylic oxidation sites excluding steroid dienone is 11. The van der Waals surface area contributed by atoms with Crippen LogP contribution >= 0.6 is 7.82 Å². The Morgan fingerprint density at radius 2 is 0.861 bits per heavy atom. The minimum Gasteiger partial charge on any atom is -0.456 e. The van der Waals surface area contributed by atoms with Gasteiger partial charge in [-0.15, -0.1) is 0 Å². The number of nitrogens with one attached hydrogen (secondary N) is 1. The fourth-order valence-corrected chi connectivity index (χ4v) is 8.96. The quantitative estimate of drug-likeness (QED) is 0.0205. The van der Waals surface area contributed by atoms with E-state index in [1.165, 1.54) is 141 Å². The van der Waals surface area contributed by atoms with Gasteiger partial charge in [-0.2, -0.15) is 0 Å². The van der Waals surface area contributed by atoms with Crippen LogP contribution in [0.25, 0.3) is 0 Å². The fourth-order valence-electron chi connectivity index (χ4n) is 8.22. The molecule has 0 radical (unpaired) electrons. The van der Waals surface area contributed by atoms with Crippen molar-refractivity contribution < 1.29 is 37.3 Å². The molecule has 0 saturated carbocycles. The summed E-state index contributed by atoms with van der Waals surface area (Å²) in [6.45, 7) is 6.94.